The molecule has 4 rings (SSSR count). The second kappa shape index (κ2) is 8.59. The van der Waals surface area contributed by atoms with Crippen molar-refractivity contribution in [3.8, 4) is 0 Å². The molecule has 0 aromatic heterocycles. The number of aryl methyl sites for hydroxylation is 3. The molecule has 0 saturated carbocycles. The van der Waals surface area contributed by atoms with Crippen LogP contribution in [0, 0.1) is 20.8 Å². The minimum atomic E-state index is -0.919. The van der Waals surface area contributed by atoms with Crippen LogP contribution < -0.4 is 10.2 Å². The predicted molar refractivity (Wildman–Crippen MR) is 130 cm³/mol. The van der Waals surface area contributed by atoms with Gasteiger partial charge in [0.05, 0.1) is 17.8 Å². The van der Waals surface area contributed by atoms with Gasteiger partial charge in [-0.15, -0.1) is 0 Å². The molecule has 2 heterocycles. The van der Waals surface area contributed by atoms with Gasteiger partial charge in [-0.3, -0.25) is 24.1 Å². The topological polar surface area (TPSA) is 90.0 Å². The summed E-state index contributed by atoms with van der Waals surface area (Å²) in [4.78, 5) is 56.2. The molecular formula is C26H30N4O4. The van der Waals surface area contributed by atoms with E-state index in [-0.39, 0.29) is 36.7 Å². The zero-order valence-electron chi connectivity index (χ0n) is 20.3. The lowest BCUT2D eigenvalue weighted by molar-refractivity contribution is -0.135. The lowest BCUT2D eigenvalue weighted by atomic mass is 9.98. The predicted octanol–water partition coefficient (Wildman–Crippen LogP) is 3.01. The molecule has 8 heteroatoms. The Kier molecular flexibility index (Phi) is 5.93. The third-order valence-corrected chi connectivity index (χ3v) is 6.79. The molecule has 1 fully saturated rings. The molecule has 1 saturated heterocycles. The maximum absolute atomic E-state index is 13.3. The van der Waals surface area contributed by atoms with Gasteiger partial charge in [-0.05, 0) is 57.4 Å². The molecule has 1 unspecified atom stereocenters. The number of fused-ring (bicyclic) bond motifs is 3. The first kappa shape index (κ1) is 23.5. The number of anilines is 2. The first-order chi connectivity index (χ1) is 16.0. The van der Waals surface area contributed by atoms with Gasteiger partial charge >= 0.3 is 0 Å². The number of rotatable bonds is 5. The Morgan fingerprint density at radius 1 is 1.09 bits per heavy atom. The van der Waals surface area contributed by atoms with Gasteiger partial charge in [0.2, 0.25) is 17.7 Å². The van der Waals surface area contributed by atoms with Crippen LogP contribution in [0.25, 0.3) is 0 Å². The number of carbonyl (C=O) groups excluding carboxylic acids is 4. The SMILES string of the molecule is Cc1cc(C)c(NC(=O)CN(C)C(=O)CN2C(=O)c3ccccc3N3C(=O)CCC23C)c(C)c1. The van der Waals surface area contributed by atoms with Gasteiger partial charge in [0, 0.05) is 19.2 Å². The van der Waals surface area contributed by atoms with Gasteiger partial charge < -0.3 is 15.1 Å². The van der Waals surface area contributed by atoms with E-state index in [1.807, 2.05) is 39.8 Å². The van der Waals surface area contributed by atoms with E-state index in [1.54, 1.807) is 36.2 Å². The largest absolute Gasteiger partial charge is 0.335 e. The Hall–Kier alpha value is -3.68. The standard InChI is InChI=1S/C26H30N4O4/c1-16-12-17(2)24(18(3)13-16)27-21(31)14-28(5)23(33)15-29-25(34)19-8-6-7-9-20(19)30-22(32)10-11-26(29,30)4/h6-9,12-13H,10-11,14-15H2,1-5H3,(H,27,31). The maximum Gasteiger partial charge on any atom is 0.258 e. The summed E-state index contributed by atoms with van der Waals surface area (Å²) in [5, 5.41) is 2.90. The van der Waals surface area contributed by atoms with Crippen LogP contribution in [-0.4, -0.2) is 59.2 Å². The molecule has 2 aromatic rings. The fraction of sp³-hybridized carbons (Fsp3) is 0.385. The van der Waals surface area contributed by atoms with Crippen LogP contribution >= 0.6 is 0 Å². The Bertz CT molecular complexity index is 1180. The number of para-hydroxylation sites is 1. The molecule has 1 atom stereocenters. The number of amides is 4. The Morgan fingerprint density at radius 2 is 1.74 bits per heavy atom. The monoisotopic (exact) mass is 462 g/mol. The van der Waals surface area contributed by atoms with E-state index in [1.165, 1.54) is 9.80 Å². The van der Waals surface area contributed by atoms with Gasteiger partial charge in [-0.1, -0.05) is 29.8 Å². The molecule has 8 nitrogen and oxygen atoms in total. The number of carbonyl (C=O) groups is 4. The minimum absolute atomic E-state index is 0.0727. The highest BCUT2D eigenvalue weighted by atomic mass is 16.2. The van der Waals surface area contributed by atoms with Gasteiger partial charge in [-0.25, -0.2) is 0 Å². The van der Waals surface area contributed by atoms with E-state index in [0.717, 1.165) is 22.4 Å². The van der Waals surface area contributed by atoms with Crippen molar-refractivity contribution in [2.45, 2.75) is 46.2 Å². The highest BCUT2D eigenvalue weighted by Gasteiger charge is 2.53. The lowest BCUT2D eigenvalue weighted by Gasteiger charge is -2.48. The number of benzene rings is 2. The van der Waals surface area contributed by atoms with E-state index in [4.69, 9.17) is 0 Å². The zero-order chi connectivity index (χ0) is 24.8. The Labute approximate surface area is 199 Å². The van der Waals surface area contributed by atoms with Crippen LogP contribution in [0.4, 0.5) is 11.4 Å². The third kappa shape index (κ3) is 3.93. The first-order valence-electron chi connectivity index (χ1n) is 11.4. The van der Waals surface area contributed by atoms with Crippen molar-refractivity contribution in [3.63, 3.8) is 0 Å². The average molecular weight is 463 g/mol. The van der Waals surface area contributed by atoms with Crippen molar-refractivity contribution < 1.29 is 19.2 Å². The van der Waals surface area contributed by atoms with Crippen LogP contribution in [-0.2, 0) is 14.4 Å². The van der Waals surface area contributed by atoms with E-state index < -0.39 is 5.66 Å². The first-order valence-corrected chi connectivity index (χ1v) is 11.4. The van der Waals surface area contributed by atoms with Crippen LogP contribution in [0.1, 0.15) is 46.8 Å². The molecule has 2 aromatic carbocycles. The zero-order valence-corrected chi connectivity index (χ0v) is 20.3. The van der Waals surface area contributed by atoms with Crippen molar-refractivity contribution in [3.05, 3.63) is 58.7 Å². The summed E-state index contributed by atoms with van der Waals surface area (Å²) < 4.78 is 0. The number of hydrogen-bond donors (Lipinski definition) is 1. The summed E-state index contributed by atoms with van der Waals surface area (Å²) in [6.07, 6.45) is 0.742. The van der Waals surface area contributed by atoms with Crippen LogP contribution in [0.2, 0.25) is 0 Å². The Morgan fingerprint density at radius 3 is 2.41 bits per heavy atom. The normalized spacial score (nSPS) is 19.1. The van der Waals surface area contributed by atoms with Crippen molar-refractivity contribution in [1.82, 2.24) is 9.80 Å². The molecule has 2 aliphatic heterocycles. The molecule has 178 valence electrons. The van der Waals surface area contributed by atoms with Crippen molar-refractivity contribution >= 4 is 35.0 Å². The summed E-state index contributed by atoms with van der Waals surface area (Å²) in [6, 6.07) is 11.0. The van der Waals surface area contributed by atoms with Gasteiger partial charge in [0.1, 0.15) is 12.2 Å². The van der Waals surface area contributed by atoms with Gasteiger partial charge in [-0.2, -0.15) is 0 Å². The summed E-state index contributed by atoms with van der Waals surface area (Å²) in [5.41, 5.74) is 3.82. The average Bonchev–Trinajstić information content (AvgIpc) is 3.08. The molecule has 1 N–H and O–H groups in total. The quantitative estimate of drug-likeness (QED) is 0.740. The van der Waals surface area contributed by atoms with Crippen LogP contribution in [0.5, 0.6) is 0 Å². The number of nitrogens with zero attached hydrogens (tertiary/aromatic N) is 3. The highest BCUT2D eigenvalue weighted by Crippen LogP contribution is 2.43. The molecule has 4 amide bonds. The minimum Gasteiger partial charge on any atom is -0.335 e. The van der Waals surface area contributed by atoms with E-state index >= 15 is 0 Å². The molecule has 0 aliphatic carbocycles. The third-order valence-electron chi connectivity index (χ3n) is 6.79. The van der Waals surface area contributed by atoms with Gasteiger partial charge in [0.15, 0.2) is 0 Å². The lowest BCUT2D eigenvalue weighted by Crippen LogP contribution is -2.64. The molecule has 0 radical (unpaired) electrons. The smallest absolute Gasteiger partial charge is 0.258 e. The van der Waals surface area contributed by atoms with E-state index in [2.05, 4.69) is 5.32 Å². The van der Waals surface area contributed by atoms with Crippen LogP contribution in [0.15, 0.2) is 36.4 Å². The van der Waals surface area contributed by atoms with Gasteiger partial charge in [0.25, 0.3) is 5.91 Å². The summed E-state index contributed by atoms with van der Waals surface area (Å²) in [5.74, 6) is -1.05. The highest BCUT2D eigenvalue weighted by molar-refractivity contribution is 6.11. The second-order valence-corrected chi connectivity index (χ2v) is 9.43. The van der Waals surface area contributed by atoms with Crippen molar-refractivity contribution in [1.29, 1.82) is 0 Å². The number of nitrogens with one attached hydrogen (secondary N) is 1. The molecule has 34 heavy (non-hydrogen) atoms. The van der Waals surface area contributed by atoms with Crippen LogP contribution in [0.3, 0.4) is 0 Å². The molecule has 2 aliphatic rings. The molecule has 0 spiro atoms. The Balaban J connectivity index is 1.49. The van der Waals surface area contributed by atoms with Crippen molar-refractivity contribution in [2.75, 3.05) is 30.4 Å². The summed E-state index contributed by atoms with van der Waals surface area (Å²) >= 11 is 0. The fourth-order valence-corrected chi connectivity index (χ4v) is 5.06. The maximum atomic E-state index is 13.3. The summed E-state index contributed by atoms with van der Waals surface area (Å²) in [6.45, 7) is 7.30. The van der Waals surface area contributed by atoms with Crippen molar-refractivity contribution in [2.24, 2.45) is 0 Å². The molecular weight excluding hydrogens is 432 g/mol. The molecule has 0 bridgehead atoms. The second-order valence-electron chi connectivity index (χ2n) is 9.43. The fourth-order valence-electron chi connectivity index (χ4n) is 5.06. The number of hydrogen-bond acceptors (Lipinski definition) is 4. The number of likely N-dealkylation sites (N-methyl/N-ethyl adjacent to an activating group) is 1. The summed E-state index contributed by atoms with van der Waals surface area (Å²) in [7, 11) is 1.54. The van der Waals surface area contributed by atoms with E-state index in [9.17, 15) is 19.2 Å². The van der Waals surface area contributed by atoms with E-state index in [0.29, 0.717) is 24.1 Å².